The van der Waals surface area contributed by atoms with Crippen molar-refractivity contribution >= 4 is 11.7 Å². The number of morpholine rings is 1. The van der Waals surface area contributed by atoms with E-state index in [0.29, 0.717) is 30.4 Å². The molecule has 7 nitrogen and oxygen atoms in total. The second-order valence-electron chi connectivity index (χ2n) is 6.21. The molecule has 1 saturated heterocycles. The van der Waals surface area contributed by atoms with Crippen molar-refractivity contribution < 1.29 is 9.53 Å². The molecular formula is C20H25N5O2. The number of ether oxygens (including phenoxy) is 1. The summed E-state index contributed by atoms with van der Waals surface area (Å²) in [6.45, 7) is 8.92. The molecule has 0 atom stereocenters. The first kappa shape index (κ1) is 19.0. The minimum absolute atomic E-state index is 0.204. The van der Waals surface area contributed by atoms with Crippen molar-refractivity contribution in [3.05, 3.63) is 54.7 Å². The molecule has 1 aromatic heterocycles. The van der Waals surface area contributed by atoms with E-state index in [9.17, 15) is 4.79 Å². The van der Waals surface area contributed by atoms with E-state index in [1.807, 2.05) is 30.3 Å². The highest BCUT2D eigenvalue weighted by Crippen LogP contribution is 2.17. The van der Waals surface area contributed by atoms with Crippen molar-refractivity contribution in [1.29, 1.82) is 0 Å². The summed E-state index contributed by atoms with van der Waals surface area (Å²) in [6, 6.07) is 11.3. The Morgan fingerprint density at radius 2 is 2.00 bits per heavy atom. The van der Waals surface area contributed by atoms with Crippen LogP contribution in [0.15, 0.2) is 49.1 Å². The highest BCUT2D eigenvalue weighted by Gasteiger charge is 2.14. The average Bonchev–Trinajstić information content (AvgIpc) is 2.73. The summed E-state index contributed by atoms with van der Waals surface area (Å²) in [5.74, 6) is 0.912. The SMILES string of the molecule is C=CCNc1cc(C(=O)NCCN2CCOCC2)nc(-c2ccccc2)n1. The summed E-state index contributed by atoms with van der Waals surface area (Å²) < 4.78 is 5.34. The van der Waals surface area contributed by atoms with E-state index in [1.54, 1.807) is 12.1 Å². The van der Waals surface area contributed by atoms with Crippen molar-refractivity contribution in [3.63, 3.8) is 0 Å². The van der Waals surface area contributed by atoms with E-state index in [1.165, 1.54) is 0 Å². The van der Waals surface area contributed by atoms with Crippen LogP contribution < -0.4 is 10.6 Å². The lowest BCUT2D eigenvalue weighted by molar-refractivity contribution is 0.0383. The highest BCUT2D eigenvalue weighted by molar-refractivity contribution is 5.93. The minimum Gasteiger partial charge on any atom is -0.379 e. The predicted molar refractivity (Wildman–Crippen MR) is 106 cm³/mol. The number of hydrogen-bond donors (Lipinski definition) is 2. The lowest BCUT2D eigenvalue weighted by Gasteiger charge is -2.26. The summed E-state index contributed by atoms with van der Waals surface area (Å²) in [5, 5.41) is 6.08. The molecule has 3 rings (SSSR count). The molecule has 0 unspecified atom stereocenters. The van der Waals surface area contributed by atoms with Crippen LogP contribution in [0.4, 0.5) is 5.82 Å². The fraction of sp³-hybridized carbons (Fsp3) is 0.350. The molecule has 1 amide bonds. The molecule has 2 aromatic rings. The number of nitrogens with zero attached hydrogens (tertiary/aromatic N) is 3. The number of aromatic nitrogens is 2. The zero-order chi connectivity index (χ0) is 18.9. The number of hydrogen-bond acceptors (Lipinski definition) is 6. The van der Waals surface area contributed by atoms with Gasteiger partial charge in [0.05, 0.1) is 13.2 Å². The Bertz CT molecular complexity index is 760. The number of carbonyl (C=O) groups excluding carboxylic acids is 1. The summed E-state index contributed by atoms with van der Waals surface area (Å²) in [5.41, 5.74) is 1.21. The van der Waals surface area contributed by atoms with Crippen molar-refractivity contribution in [2.45, 2.75) is 0 Å². The lowest BCUT2D eigenvalue weighted by atomic mass is 10.2. The molecule has 1 fully saturated rings. The first-order valence-electron chi connectivity index (χ1n) is 9.14. The third-order valence-corrected chi connectivity index (χ3v) is 4.24. The molecule has 2 heterocycles. The maximum atomic E-state index is 12.6. The topological polar surface area (TPSA) is 79.4 Å². The van der Waals surface area contributed by atoms with Gasteiger partial charge < -0.3 is 15.4 Å². The molecule has 0 bridgehead atoms. The third-order valence-electron chi connectivity index (χ3n) is 4.24. The van der Waals surface area contributed by atoms with Crippen LogP contribution in [0, 0.1) is 0 Å². The number of amides is 1. The van der Waals surface area contributed by atoms with Gasteiger partial charge in [0.2, 0.25) is 0 Å². The van der Waals surface area contributed by atoms with E-state index in [0.717, 1.165) is 38.4 Å². The van der Waals surface area contributed by atoms with Crippen molar-refractivity contribution in [2.75, 3.05) is 51.3 Å². The van der Waals surface area contributed by atoms with Crippen LogP contribution in [0.5, 0.6) is 0 Å². The Labute approximate surface area is 159 Å². The van der Waals surface area contributed by atoms with Crippen LogP contribution in [-0.2, 0) is 4.74 Å². The maximum Gasteiger partial charge on any atom is 0.270 e. The molecule has 1 aliphatic heterocycles. The number of anilines is 1. The zero-order valence-corrected chi connectivity index (χ0v) is 15.4. The van der Waals surface area contributed by atoms with Crippen LogP contribution in [0.1, 0.15) is 10.5 Å². The number of nitrogens with one attached hydrogen (secondary N) is 2. The van der Waals surface area contributed by atoms with E-state index in [2.05, 4.69) is 32.1 Å². The van der Waals surface area contributed by atoms with E-state index in [4.69, 9.17) is 4.74 Å². The summed E-state index contributed by atoms with van der Waals surface area (Å²) >= 11 is 0. The maximum absolute atomic E-state index is 12.6. The minimum atomic E-state index is -0.204. The van der Waals surface area contributed by atoms with Gasteiger partial charge in [-0.3, -0.25) is 9.69 Å². The lowest BCUT2D eigenvalue weighted by Crippen LogP contribution is -2.41. The smallest absolute Gasteiger partial charge is 0.270 e. The molecule has 0 spiro atoms. The van der Waals surface area contributed by atoms with Crippen LogP contribution in [-0.4, -0.2) is 66.7 Å². The van der Waals surface area contributed by atoms with E-state index in [-0.39, 0.29) is 5.91 Å². The number of carbonyl (C=O) groups is 1. The number of benzene rings is 1. The van der Waals surface area contributed by atoms with Gasteiger partial charge in [-0.1, -0.05) is 36.4 Å². The molecule has 1 aromatic carbocycles. The Kier molecular flexibility index (Phi) is 6.90. The van der Waals surface area contributed by atoms with Gasteiger partial charge in [-0.15, -0.1) is 6.58 Å². The largest absolute Gasteiger partial charge is 0.379 e. The third kappa shape index (κ3) is 5.60. The standard InChI is InChI=1S/C20H25N5O2/c1-2-8-21-18-15-17(23-19(24-18)16-6-4-3-5-7-16)20(26)22-9-10-25-11-13-27-14-12-25/h2-7,15H,1,8-14H2,(H,22,26)(H,21,23,24). The molecule has 0 aliphatic carbocycles. The molecule has 27 heavy (non-hydrogen) atoms. The van der Waals surface area contributed by atoms with Crippen molar-refractivity contribution in [3.8, 4) is 11.4 Å². The van der Waals surface area contributed by atoms with Crippen LogP contribution in [0.3, 0.4) is 0 Å². The van der Waals surface area contributed by atoms with Gasteiger partial charge in [-0.2, -0.15) is 0 Å². The van der Waals surface area contributed by atoms with Gasteiger partial charge in [-0.25, -0.2) is 9.97 Å². The van der Waals surface area contributed by atoms with Crippen LogP contribution in [0.25, 0.3) is 11.4 Å². The summed E-state index contributed by atoms with van der Waals surface area (Å²) in [6.07, 6.45) is 1.74. The van der Waals surface area contributed by atoms with Crippen LogP contribution in [0.2, 0.25) is 0 Å². The Morgan fingerprint density at radius 1 is 1.22 bits per heavy atom. The fourth-order valence-electron chi connectivity index (χ4n) is 2.79. The van der Waals surface area contributed by atoms with Gasteiger partial charge >= 0.3 is 0 Å². The molecule has 142 valence electrons. The highest BCUT2D eigenvalue weighted by atomic mass is 16.5. The molecule has 1 aliphatic rings. The molecule has 0 radical (unpaired) electrons. The molecule has 2 N–H and O–H groups in total. The van der Waals surface area contributed by atoms with Crippen molar-refractivity contribution in [1.82, 2.24) is 20.2 Å². The van der Waals surface area contributed by atoms with Crippen LogP contribution >= 0.6 is 0 Å². The van der Waals surface area contributed by atoms with Gasteiger partial charge in [0.25, 0.3) is 5.91 Å². The summed E-state index contributed by atoms with van der Waals surface area (Å²) in [4.78, 5) is 23.8. The zero-order valence-electron chi connectivity index (χ0n) is 15.4. The van der Waals surface area contributed by atoms with E-state index < -0.39 is 0 Å². The van der Waals surface area contributed by atoms with Crippen molar-refractivity contribution in [2.24, 2.45) is 0 Å². The summed E-state index contributed by atoms with van der Waals surface area (Å²) in [7, 11) is 0. The fourth-order valence-corrected chi connectivity index (χ4v) is 2.79. The van der Waals surface area contributed by atoms with Gasteiger partial charge in [0, 0.05) is 44.4 Å². The Morgan fingerprint density at radius 3 is 2.74 bits per heavy atom. The van der Waals surface area contributed by atoms with Gasteiger partial charge in [0.15, 0.2) is 5.82 Å². The molecule has 0 saturated carbocycles. The first-order chi connectivity index (χ1) is 13.3. The normalized spacial score (nSPS) is 14.5. The molecular weight excluding hydrogens is 342 g/mol. The average molecular weight is 367 g/mol. The molecule has 7 heteroatoms. The quantitative estimate of drug-likeness (QED) is 0.693. The predicted octanol–water partition coefficient (Wildman–Crippen LogP) is 1.80. The Balaban J connectivity index is 1.70. The monoisotopic (exact) mass is 367 g/mol. The van der Waals surface area contributed by atoms with E-state index >= 15 is 0 Å². The second-order valence-corrected chi connectivity index (χ2v) is 6.21. The number of rotatable bonds is 8. The van der Waals surface area contributed by atoms with Gasteiger partial charge in [0.1, 0.15) is 11.5 Å². The second kappa shape index (κ2) is 9.80. The Hall–Kier alpha value is -2.77. The van der Waals surface area contributed by atoms with Gasteiger partial charge in [-0.05, 0) is 0 Å². The first-order valence-corrected chi connectivity index (χ1v) is 9.14.